The molecular formula is C17H17N5O. The number of ketones is 1. The summed E-state index contributed by atoms with van der Waals surface area (Å²) >= 11 is 0. The van der Waals surface area contributed by atoms with Crippen LogP contribution >= 0.6 is 0 Å². The molecule has 6 heteroatoms. The Morgan fingerprint density at radius 2 is 2.09 bits per heavy atom. The highest BCUT2D eigenvalue weighted by Crippen LogP contribution is 2.31. The number of benzene rings is 1. The Hall–Kier alpha value is -2.76. The third-order valence-electron chi connectivity index (χ3n) is 4.29. The van der Waals surface area contributed by atoms with Gasteiger partial charge in [0.2, 0.25) is 0 Å². The first kappa shape index (κ1) is 13.9. The Labute approximate surface area is 133 Å². The largest absolute Gasteiger partial charge is 0.345 e. The average Bonchev–Trinajstić information content (AvgIpc) is 3.23. The van der Waals surface area contributed by atoms with Gasteiger partial charge < -0.3 is 9.88 Å². The number of hydrogen-bond acceptors (Lipinski definition) is 5. The summed E-state index contributed by atoms with van der Waals surface area (Å²) in [5.74, 6) is 1.58. The average molecular weight is 307 g/mol. The number of aromatic nitrogens is 4. The van der Waals surface area contributed by atoms with Crippen LogP contribution in [0.3, 0.4) is 0 Å². The van der Waals surface area contributed by atoms with Crippen molar-refractivity contribution in [2.45, 2.75) is 25.8 Å². The van der Waals surface area contributed by atoms with Crippen molar-refractivity contribution in [1.82, 2.24) is 19.9 Å². The highest BCUT2D eigenvalue weighted by Gasteiger charge is 2.31. The summed E-state index contributed by atoms with van der Waals surface area (Å²) in [5, 5.41) is 0. The second-order valence-electron chi connectivity index (χ2n) is 5.80. The van der Waals surface area contributed by atoms with E-state index in [0.717, 1.165) is 36.3 Å². The summed E-state index contributed by atoms with van der Waals surface area (Å²) in [6.45, 7) is 2.47. The Balaban J connectivity index is 1.88. The fourth-order valence-electron chi connectivity index (χ4n) is 3.18. The van der Waals surface area contributed by atoms with Crippen LogP contribution in [0.2, 0.25) is 0 Å². The van der Waals surface area contributed by atoms with E-state index in [2.05, 4.69) is 19.9 Å². The van der Waals surface area contributed by atoms with Crippen molar-refractivity contribution < 1.29 is 4.79 Å². The molecule has 0 spiro atoms. The van der Waals surface area contributed by atoms with E-state index >= 15 is 0 Å². The fraction of sp³-hybridized carbons (Fsp3) is 0.294. The number of hydrogen-bond donors (Lipinski definition) is 1. The molecule has 1 aliphatic rings. The molecule has 1 aliphatic heterocycles. The van der Waals surface area contributed by atoms with E-state index in [1.165, 1.54) is 0 Å². The first-order valence-corrected chi connectivity index (χ1v) is 7.77. The standard InChI is InChI=1S/C17H17N5O/c1-11(23)13-8-5-9-22(13)17-14-16(19-10-18-14)20-15(21-17)12-6-3-2-4-7-12/h2-4,6-7,10,13H,5,8-9H2,1H3,(H,18,19,20,21)/t13-/m1/s1. The quantitative estimate of drug-likeness (QED) is 0.805. The molecule has 0 radical (unpaired) electrons. The summed E-state index contributed by atoms with van der Waals surface area (Å²) in [4.78, 5) is 30.7. The van der Waals surface area contributed by atoms with Gasteiger partial charge in [0.25, 0.3) is 0 Å². The number of nitrogens with zero attached hydrogens (tertiary/aromatic N) is 4. The number of imidazole rings is 1. The topological polar surface area (TPSA) is 74.8 Å². The molecule has 1 aromatic carbocycles. The number of aromatic amines is 1. The lowest BCUT2D eigenvalue weighted by Crippen LogP contribution is -2.35. The third-order valence-corrected chi connectivity index (χ3v) is 4.29. The maximum Gasteiger partial charge on any atom is 0.183 e. The lowest BCUT2D eigenvalue weighted by Gasteiger charge is -2.24. The van der Waals surface area contributed by atoms with Crippen LogP contribution in [0, 0.1) is 0 Å². The van der Waals surface area contributed by atoms with Crippen LogP contribution in [-0.4, -0.2) is 38.3 Å². The Morgan fingerprint density at radius 3 is 2.87 bits per heavy atom. The predicted molar refractivity (Wildman–Crippen MR) is 88.2 cm³/mol. The normalized spacial score (nSPS) is 17.8. The Morgan fingerprint density at radius 1 is 1.26 bits per heavy atom. The number of Topliss-reactive ketones (excluding diaryl/α,β-unsaturated/α-hetero) is 1. The number of carbonyl (C=O) groups excluding carboxylic acids is 1. The van der Waals surface area contributed by atoms with Crippen LogP contribution < -0.4 is 4.90 Å². The molecule has 1 atom stereocenters. The zero-order valence-electron chi connectivity index (χ0n) is 12.9. The van der Waals surface area contributed by atoms with Gasteiger partial charge in [-0.2, -0.15) is 0 Å². The molecule has 4 rings (SSSR count). The van der Waals surface area contributed by atoms with Gasteiger partial charge >= 0.3 is 0 Å². The molecule has 3 heterocycles. The fourth-order valence-corrected chi connectivity index (χ4v) is 3.18. The molecule has 1 N–H and O–H groups in total. The minimum Gasteiger partial charge on any atom is -0.345 e. The smallest absolute Gasteiger partial charge is 0.183 e. The van der Waals surface area contributed by atoms with Gasteiger partial charge in [0.1, 0.15) is 5.52 Å². The molecule has 6 nitrogen and oxygen atoms in total. The van der Waals surface area contributed by atoms with Crippen LogP contribution in [-0.2, 0) is 4.79 Å². The SMILES string of the molecule is CC(=O)[C@H]1CCCN1c1nc(-c2ccccc2)nc2nc[nH]c12. The van der Waals surface area contributed by atoms with Crippen molar-refractivity contribution in [3.63, 3.8) is 0 Å². The van der Waals surface area contributed by atoms with Crippen molar-refractivity contribution in [2.24, 2.45) is 0 Å². The van der Waals surface area contributed by atoms with Crippen LogP contribution in [0.25, 0.3) is 22.6 Å². The van der Waals surface area contributed by atoms with E-state index in [0.29, 0.717) is 11.5 Å². The summed E-state index contributed by atoms with van der Waals surface area (Å²) in [7, 11) is 0. The van der Waals surface area contributed by atoms with E-state index in [4.69, 9.17) is 4.98 Å². The van der Waals surface area contributed by atoms with Gasteiger partial charge in [0.15, 0.2) is 23.1 Å². The third kappa shape index (κ3) is 2.36. The molecule has 23 heavy (non-hydrogen) atoms. The minimum absolute atomic E-state index is 0.111. The molecule has 116 valence electrons. The number of H-pyrrole nitrogens is 1. The van der Waals surface area contributed by atoms with Gasteiger partial charge in [-0.15, -0.1) is 0 Å². The van der Waals surface area contributed by atoms with Crippen LogP contribution in [0.15, 0.2) is 36.7 Å². The highest BCUT2D eigenvalue weighted by molar-refractivity contribution is 5.91. The van der Waals surface area contributed by atoms with Crippen molar-refractivity contribution in [2.75, 3.05) is 11.4 Å². The molecular weight excluding hydrogens is 290 g/mol. The molecule has 0 amide bonds. The molecule has 1 fully saturated rings. The van der Waals surface area contributed by atoms with Gasteiger partial charge in [-0.25, -0.2) is 15.0 Å². The second kappa shape index (κ2) is 5.46. The lowest BCUT2D eigenvalue weighted by atomic mass is 10.1. The number of fused-ring (bicyclic) bond motifs is 1. The van der Waals surface area contributed by atoms with E-state index in [9.17, 15) is 4.79 Å². The monoisotopic (exact) mass is 307 g/mol. The molecule has 0 unspecified atom stereocenters. The molecule has 3 aromatic rings. The van der Waals surface area contributed by atoms with E-state index in [1.807, 2.05) is 30.3 Å². The zero-order valence-corrected chi connectivity index (χ0v) is 12.9. The number of carbonyl (C=O) groups is 1. The molecule has 2 aromatic heterocycles. The molecule has 1 saturated heterocycles. The number of nitrogens with one attached hydrogen (secondary N) is 1. The maximum atomic E-state index is 11.9. The zero-order chi connectivity index (χ0) is 15.8. The first-order chi connectivity index (χ1) is 11.2. The van der Waals surface area contributed by atoms with Crippen LogP contribution in [0.5, 0.6) is 0 Å². The predicted octanol–water partition coefficient (Wildman–Crippen LogP) is 2.58. The summed E-state index contributed by atoms with van der Waals surface area (Å²) in [5.41, 5.74) is 2.36. The highest BCUT2D eigenvalue weighted by atomic mass is 16.1. The van der Waals surface area contributed by atoms with Gasteiger partial charge in [0.05, 0.1) is 12.4 Å². The van der Waals surface area contributed by atoms with Crippen molar-refractivity contribution in [1.29, 1.82) is 0 Å². The lowest BCUT2D eigenvalue weighted by molar-refractivity contribution is -0.118. The van der Waals surface area contributed by atoms with Gasteiger partial charge in [0, 0.05) is 12.1 Å². The van der Waals surface area contributed by atoms with Gasteiger partial charge in [-0.05, 0) is 19.8 Å². The minimum atomic E-state index is -0.111. The summed E-state index contributed by atoms with van der Waals surface area (Å²) in [6.07, 6.45) is 3.48. The van der Waals surface area contributed by atoms with Crippen LogP contribution in [0.1, 0.15) is 19.8 Å². The molecule has 0 saturated carbocycles. The second-order valence-corrected chi connectivity index (χ2v) is 5.80. The summed E-state index contributed by atoms with van der Waals surface area (Å²) in [6, 6.07) is 9.72. The van der Waals surface area contributed by atoms with Crippen molar-refractivity contribution in [3.05, 3.63) is 36.7 Å². The molecule has 0 aliphatic carbocycles. The maximum absolute atomic E-state index is 11.9. The van der Waals surface area contributed by atoms with Crippen molar-refractivity contribution >= 4 is 22.8 Å². The van der Waals surface area contributed by atoms with Gasteiger partial charge in [-0.3, -0.25) is 4.79 Å². The first-order valence-electron chi connectivity index (χ1n) is 7.77. The Bertz CT molecular complexity index is 858. The number of rotatable bonds is 3. The Kier molecular flexibility index (Phi) is 3.29. The summed E-state index contributed by atoms with van der Waals surface area (Å²) < 4.78 is 0. The molecule has 0 bridgehead atoms. The number of anilines is 1. The van der Waals surface area contributed by atoms with Crippen molar-refractivity contribution in [3.8, 4) is 11.4 Å². The van der Waals surface area contributed by atoms with E-state index in [-0.39, 0.29) is 11.8 Å². The van der Waals surface area contributed by atoms with E-state index < -0.39 is 0 Å². The van der Waals surface area contributed by atoms with E-state index in [1.54, 1.807) is 13.3 Å². The van der Waals surface area contributed by atoms with Gasteiger partial charge in [-0.1, -0.05) is 30.3 Å². The van der Waals surface area contributed by atoms with Crippen LogP contribution in [0.4, 0.5) is 5.82 Å².